The Morgan fingerprint density at radius 1 is 1.55 bits per heavy atom. The Morgan fingerprint density at radius 3 is 3.00 bits per heavy atom. The maximum atomic E-state index is 12.1. The average molecular weight is 279 g/mol. The molecule has 1 atom stereocenters. The SMILES string of the molecule is CC(C)(C)OC(=O)N1CCCC(NCc2cc[nH]c2)C1. The fourth-order valence-corrected chi connectivity index (χ4v) is 2.37. The zero-order valence-corrected chi connectivity index (χ0v) is 12.6. The minimum absolute atomic E-state index is 0.203. The van der Waals surface area contributed by atoms with Crippen molar-refractivity contribution < 1.29 is 9.53 Å². The number of rotatable bonds is 3. The Bertz CT molecular complexity index is 423. The third-order valence-electron chi connectivity index (χ3n) is 3.33. The van der Waals surface area contributed by atoms with Gasteiger partial charge in [-0.25, -0.2) is 4.79 Å². The van der Waals surface area contributed by atoms with Crippen LogP contribution in [-0.4, -0.2) is 40.7 Å². The number of ether oxygens (including phenoxy) is 1. The first kappa shape index (κ1) is 14.9. The lowest BCUT2D eigenvalue weighted by atomic mass is 10.1. The van der Waals surface area contributed by atoms with E-state index in [1.807, 2.05) is 38.1 Å². The van der Waals surface area contributed by atoms with Crippen LogP contribution in [0.1, 0.15) is 39.2 Å². The predicted octanol–water partition coefficient (Wildman–Crippen LogP) is 2.50. The Hall–Kier alpha value is -1.49. The van der Waals surface area contributed by atoms with Crippen LogP contribution in [0, 0.1) is 0 Å². The normalized spacial score (nSPS) is 19.9. The van der Waals surface area contributed by atoms with E-state index in [-0.39, 0.29) is 6.09 Å². The van der Waals surface area contributed by atoms with Crippen LogP contribution >= 0.6 is 0 Å². The summed E-state index contributed by atoms with van der Waals surface area (Å²) in [6.45, 7) is 8.04. The summed E-state index contributed by atoms with van der Waals surface area (Å²) >= 11 is 0. The molecule has 2 rings (SSSR count). The van der Waals surface area contributed by atoms with E-state index in [0.717, 1.165) is 32.5 Å². The van der Waals surface area contributed by atoms with E-state index in [2.05, 4.69) is 16.4 Å². The van der Waals surface area contributed by atoms with Crippen molar-refractivity contribution in [2.24, 2.45) is 0 Å². The summed E-state index contributed by atoms with van der Waals surface area (Å²) < 4.78 is 5.43. The van der Waals surface area contributed by atoms with Gasteiger partial charge < -0.3 is 19.9 Å². The summed E-state index contributed by atoms with van der Waals surface area (Å²) in [6.07, 6.45) is 5.82. The second-order valence-electron chi connectivity index (χ2n) is 6.37. The molecule has 112 valence electrons. The van der Waals surface area contributed by atoms with E-state index < -0.39 is 5.60 Å². The summed E-state index contributed by atoms with van der Waals surface area (Å²) in [7, 11) is 0. The molecule has 0 aliphatic carbocycles. The van der Waals surface area contributed by atoms with Gasteiger partial charge in [-0.2, -0.15) is 0 Å². The van der Waals surface area contributed by atoms with E-state index in [4.69, 9.17) is 4.74 Å². The van der Waals surface area contributed by atoms with Crippen molar-refractivity contribution in [2.75, 3.05) is 13.1 Å². The molecule has 1 aliphatic rings. The van der Waals surface area contributed by atoms with Crippen LogP contribution in [0.15, 0.2) is 18.5 Å². The van der Waals surface area contributed by atoms with Gasteiger partial charge in [0.15, 0.2) is 0 Å². The molecular weight excluding hydrogens is 254 g/mol. The van der Waals surface area contributed by atoms with Gasteiger partial charge in [0.05, 0.1) is 0 Å². The van der Waals surface area contributed by atoms with Crippen molar-refractivity contribution in [1.29, 1.82) is 0 Å². The number of piperidine rings is 1. The van der Waals surface area contributed by atoms with Crippen LogP contribution < -0.4 is 5.32 Å². The molecule has 1 aliphatic heterocycles. The zero-order valence-electron chi connectivity index (χ0n) is 12.6. The summed E-state index contributed by atoms with van der Waals surface area (Å²) in [5.74, 6) is 0. The van der Waals surface area contributed by atoms with Crippen molar-refractivity contribution in [1.82, 2.24) is 15.2 Å². The third kappa shape index (κ3) is 4.56. The quantitative estimate of drug-likeness (QED) is 0.894. The van der Waals surface area contributed by atoms with Crippen LogP contribution in [-0.2, 0) is 11.3 Å². The van der Waals surface area contributed by atoms with Crippen molar-refractivity contribution in [3.05, 3.63) is 24.0 Å². The Morgan fingerprint density at radius 2 is 2.35 bits per heavy atom. The second-order valence-corrected chi connectivity index (χ2v) is 6.37. The lowest BCUT2D eigenvalue weighted by Crippen LogP contribution is -2.49. The minimum atomic E-state index is -0.428. The molecule has 5 heteroatoms. The smallest absolute Gasteiger partial charge is 0.410 e. The first-order chi connectivity index (χ1) is 9.44. The molecule has 0 saturated carbocycles. The molecule has 0 radical (unpaired) electrons. The highest BCUT2D eigenvalue weighted by Crippen LogP contribution is 2.15. The first-order valence-electron chi connectivity index (χ1n) is 7.27. The summed E-state index contributed by atoms with van der Waals surface area (Å²) in [5, 5.41) is 3.50. The van der Waals surface area contributed by atoms with Gasteiger partial charge in [-0.15, -0.1) is 0 Å². The predicted molar refractivity (Wildman–Crippen MR) is 78.5 cm³/mol. The van der Waals surface area contributed by atoms with Gasteiger partial charge in [0.2, 0.25) is 0 Å². The van der Waals surface area contributed by atoms with Gasteiger partial charge in [-0.3, -0.25) is 0 Å². The number of carbonyl (C=O) groups is 1. The monoisotopic (exact) mass is 279 g/mol. The molecule has 2 heterocycles. The molecule has 0 spiro atoms. The van der Waals surface area contributed by atoms with E-state index in [0.29, 0.717) is 6.04 Å². The highest BCUT2D eigenvalue weighted by Gasteiger charge is 2.27. The number of aromatic amines is 1. The Labute approximate surface area is 120 Å². The van der Waals surface area contributed by atoms with E-state index in [1.165, 1.54) is 5.56 Å². The lowest BCUT2D eigenvalue weighted by molar-refractivity contribution is 0.0187. The van der Waals surface area contributed by atoms with E-state index in [1.54, 1.807) is 0 Å². The molecule has 0 bridgehead atoms. The van der Waals surface area contributed by atoms with Gasteiger partial charge in [0.25, 0.3) is 0 Å². The van der Waals surface area contributed by atoms with Crippen LogP contribution in [0.4, 0.5) is 4.79 Å². The maximum absolute atomic E-state index is 12.1. The van der Waals surface area contributed by atoms with Crippen molar-refractivity contribution in [2.45, 2.75) is 51.8 Å². The average Bonchev–Trinajstić information content (AvgIpc) is 2.88. The zero-order chi connectivity index (χ0) is 14.6. The summed E-state index contributed by atoms with van der Waals surface area (Å²) in [4.78, 5) is 16.9. The fourth-order valence-electron chi connectivity index (χ4n) is 2.37. The van der Waals surface area contributed by atoms with E-state index in [9.17, 15) is 4.79 Å². The number of amides is 1. The second kappa shape index (κ2) is 6.31. The third-order valence-corrected chi connectivity index (χ3v) is 3.33. The molecule has 1 saturated heterocycles. The number of nitrogens with one attached hydrogen (secondary N) is 2. The highest BCUT2D eigenvalue weighted by atomic mass is 16.6. The van der Waals surface area contributed by atoms with Crippen LogP contribution in [0.3, 0.4) is 0 Å². The number of aromatic nitrogens is 1. The van der Waals surface area contributed by atoms with Gasteiger partial charge >= 0.3 is 6.09 Å². The number of hydrogen-bond acceptors (Lipinski definition) is 3. The summed E-state index contributed by atoms with van der Waals surface area (Å²) in [5.41, 5.74) is 0.808. The minimum Gasteiger partial charge on any atom is -0.444 e. The Balaban J connectivity index is 1.80. The van der Waals surface area contributed by atoms with Crippen molar-refractivity contribution in [3.63, 3.8) is 0 Å². The molecule has 5 nitrogen and oxygen atoms in total. The van der Waals surface area contributed by atoms with Crippen LogP contribution in [0.25, 0.3) is 0 Å². The number of carbonyl (C=O) groups excluding carboxylic acids is 1. The topological polar surface area (TPSA) is 57.4 Å². The van der Waals surface area contributed by atoms with Gasteiger partial charge in [-0.1, -0.05) is 0 Å². The number of likely N-dealkylation sites (tertiary alicyclic amines) is 1. The van der Waals surface area contributed by atoms with Gasteiger partial charge in [-0.05, 0) is 45.2 Å². The molecule has 0 aromatic carbocycles. The first-order valence-corrected chi connectivity index (χ1v) is 7.27. The molecule has 1 amide bonds. The number of hydrogen-bond donors (Lipinski definition) is 2. The highest BCUT2D eigenvalue weighted by molar-refractivity contribution is 5.68. The van der Waals surface area contributed by atoms with Gasteiger partial charge in [0.1, 0.15) is 5.60 Å². The molecule has 1 aromatic heterocycles. The fraction of sp³-hybridized carbons (Fsp3) is 0.667. The molecule has 1 unspecified atom stereocenters. The molecule has 1 aromatic rings. The Kier molecular flexibility index (Phi) is 4.70. The molecule has 20 heavy (non-hydrogen) atoms. The number of nitrogens with zero attached hydrogens (tertiary/aromatic N) is 1. The molecular formula is C15H25N3O2. The molecule has 2 N–H and O–H groups in total. The van der Waals surface area contributed by atoms with Gasteiger partial charge in [0, 0.05) is 38.1 Å². The lowest BCUT2D eigenvalue weighted by Gasteiger charge is -2.34. The summed E-state index contributed by atoms with van der Waals surface area (Å²) in [6, 6.07) is 2.40. The van der Waals surface area contributed by atoms with Crippen LogP contribution in [0.2, 0.25) is 0 Å². The molecule has 1 fully saturated rings. The van der Waals surface area contributed by atoms with Crippen LogP contribution in [0.5, 0.6) is 0 Å². The maximum Gasteiger partial charge on any atom is 0.410 e. The van der Waals surface area contributed by atoms with Crippen molar-refractivity contribution in [3.8, 4) is 0 Å². The largest absolute Gasteiger partial charge is 0.444 e. The van der Waals surface area contributed by atoms with E-state index >= 15 is 0 Å². The van der Waals surface area contributed by atoms with Crippen molar-refractivity contribution >= 4 is 6.09 Å². The standard InChI is InChI=1S/C15H25N3O2/c1-15(2,3)20-14(19)18-8-4-5-13(11-18)17-10-12-6-7-16-9-12/h6-7,9,13,16-17H,4-5,8,10-11H2,1-3H3. The number of H-pyrrole nitrogens is 1.